The lowest BCUT2D eigenvalue weighted by molar-refractivity contribution is -0.120. The molecule has 1 fully saturated rings. The number of anilines is 2. The summed E-state index contributed by atoms with van der Waals surface area (Å²) in [6.45, 7) is 1.55. The number of benzene rings is 1. The summed E-state index contributed by atoms with van der Waals surface area (Å²) in [6.07, 6.45) is 2.98. The number of piperidine rings is 1. The van der Waals surface area contributed by atoms with E-state index in [2.05, 4.69) is 25.6 Å². The molecule has 2 aromatic heterocycles. The van der Waals surface area contributed by atoms with Gasteiger partial charge in [0.25, 0.3) is 0 Å². The predicted octanol–water partition coefficient (Wildman–Crippen LogP) is 2.99. The Labute approximate surface area is 151 Å². The second kappa shape index (κ2) is 7.35. The summed E-state index contributed by atoms with van der Waals surface area (Å²) in [5.74, 6) is 1.27. The number of carbonyl (C=O) groups is 1. The molecule has 4 rings (SSSR count). The molecule has 3 heterocycles. The third-order valence-corrected chi connectivity index (χ3v) is 4.60. The standard InChI is InChI=1S/C19H19N5O2/c25-19(20-17-10-13-26-23-17)15-8-11-24(12-9-15)18-7-6-16(21-22-18)14-4-2-1-3-5-14/h1-7,10,13,15H,8-9,11-12H2,(H,20,23,25). The van der Waals surface area contributed by atoms with Gasteiger partial charge in [0.05, 0.1) is 5.69 Å². The van der Waals surface area contributed by atoms with Crippen molar-refractivity contribution in [1.82, 2.24) is 15.4 Å². The molecule has 0 unspecified atom stereocenters. The number of aromatic nitrogens is 3. The average molecular weight is 349 g/mol. The molecule has 0 radical (unpaired) electrons. The van der Waals surface area contributed by atoms with Gasteiger partial charge >= 0.3 is 0 Å². The Kier molecular flexibility index (Phi) is 4.59. The molecule has 0 bridgehead atoms. The van der Waals surface area contributed by atoms with Crippen molar-refractivity contribution < 1.29 is 9.32 Å². The minimum absolute atomic E-state index is 0.0101. The van der Waals surface area contributed by atoms with Gasteiger partial charge in [-0.2, -0.15) is 0 Å². The van der Waals surface area contributed by atoms with Crippen LogP contribution < -0.4 is 10.2 Å². The summed E-state index contributed by atoms with van der Waals surface area (Å²) >= 11 is 0. The highest BCUT2D eigenvalue weighted by atomic mass is 16.5. The van der Waals surface area contributed by atoms with Crippen LogP contribution in [0, 0.1) is 5.92 Å². The molecule has 1 saturated heterocycles. The van der Waals surface area contributed by atoms with Gasteiger partial charge in [0.15, 0.2) is 11.6 Å². The Morgan fingerprint density at radius 3 is 2.50 bits per heavy atom. The number of hydrogen-bond donors (Lipinski definition) is 1. The molecule has 132 valence electrons. The zero-order chi connectivity index (χ0) is 17.8. The van der Waals surface area contributed by atoms with Gasteiger partial charge in [0.1, 0.15) is 6.26 Å². The fourth-order valence-electron chi connectivity index (χ4n) is 3.13. The van der Waals surface area contributed by atoms with Crippen molar-refractivity contribution in [2.45, 2.75) is 12.8 Å². The molecule has 0 atom stereocenters. The van der Waals surface area contributed by atoms with Crippen LogP contribution >= 0.6 is 0 Å². The molecule has 0 saturated carbocycles. The van der Waals surface area contributed by atoms with Crippen molar-refractivity contribution >= 4 is 17.5 Å². The topological polar surface area (TPSA) is 84.2 Å². The van der Waals surface area contributed by atoms with Crippen LogP contribution in [0.2, 0.25) is 0 Å². The largest absolute Gasteiger partial charge is 0.363 e. The van der Waals surface area contributed by atoms with Crippen molar-refractivity contribution in [3.8, 4) is 11.3 Å². The molecule has 1 N–H and O–H groups in total. The first-order valence-electron chi connectivity index (χ1n) is 8.65. The van der Waals surface area contributed by atoms with Crippen LogP contribution in [0.25, 0.3) is 11.3 Å². The lowest BCUT2D eigenvalue weighted by Gasteiger charge is -2.31. The second-order valence-electron chi connectivity index (χ2n) is 6.28. The first kappa shape index (κ1) is 16.3. The van der Waals surface area contributed by atoms with Gasteiger partial charge < -0.3 is 14.7 Å². The molecular weight excluding hydrogens is 330 g/mol. The van der Waals surface area contributed by atoms with E-state index in [-0.39, 0.29) is 11.8 Å². The Balaban J connectivity index is 1.35. The average Bonchev–Trinajstić information content (AvgIpc) is 3.22. The molecule has 3 aromatic rings. The van der Waals surface area contributed by atoms with E-state index in [1.807, 2.05) is 42.5 Å². The highest BCUT2D eigenvalue weighted by Gasteiger charge is 2.26. The highest BCUT2D eigenvalue weighted by Crippen LogP contribution is 2.24. The first-order valence-corrected chi connectivity index (χ1v) is 8.65. The number of carbonyl (C=O) groups excluding carboxylic acids is 1. The van der Waals surface area contributed by atoms with Crippen molar-refractivity contribution in [2.24, 2.45) is 5.92 Å². The van der Waals surface area contributed by atoms with Crippen LogP contribution in [0.5, 0.6) is 0 Å². The molecule has 1 amide bonds. The lowest BCUT2D eigenvalue weighted by atomic mass is 9.96. The van der Waals surface area contributed by atoms with Gasteiger partial charge in [-0.25, -0.2) is 0 Å². The fraction of sp³-hybridized carbons (Fsp3) is 0.263. The summed E-state index contributed by atoms with van der Waals surface area (Å²) in [5, 5.41) is 15.2. The van der Waals surface area contributed by atoms with E-state index in [1.54, 1.807) is 6.07 Å². The molecule has 0 aliphatic carbocycles. The maximum absolute atomic E-state index is 12.3. The number of rotatable bonds is 4. The molecule has 7 heteroatoms. The van der Waals surface area contributed by atoms with Gasteiger partial charge in [0, 0.05) is 30.6 Å². The normalized spacial score (nSPS) is 15.0. The van der Waals surface area contributed by atoms with Crippen LogP contribution in [0.1, 0.15) is 12.8 Å². The van der Waals surface area contributed by atoms with Crippen LogP contribution in [0.3, 0.4) is 0 Å². The zero-order valence-corrected chi connectivity index (χ0v) is 14.2. The molecular formula is C19H19N5O2. The third kappa shape index (κ3) is 3.56. The van der Waals surface area contributed by atoms with Crippen molar-refractivity contribution in [2.75, 3.05) is 23.3 Å². The fourth-order valence-corrected chi connectivity index (χ4v) is 3.13. The quantitative estimate of drug-likeness (QED) is 0.779. The van der Waals surface area contributed by atoms with Gasteiger partial charge in [-0.15, -0.1) is 10.2 Å². The zero-order valence-electron chi connectivity index (χ0n) is 14.2. The van der Waals surface area contributed by atoms with E-state index in [1.165, 1.54) is 6.26 Å². The summed E-state index contributed by atoms with van der Waals surface area (Å²) in [4.78, 5) is 14.4. The summed E-state index contributed by atoms with van der Waals surface area (Å²) in [7, 11) is 0. The Morgan fingerprint density at radius 2 is 1.85 bits per heavy atom. The van der Waals surface area contributed by atoms with E-state index in [4.69, 9.17) is 4.52 Å². The Hall–Kier alpha value is -3.22. The third-order valence-electron chi connectivity index (χ3n) is 4.60. The minimum atomic E-state index is -0.0282. The molecule has 7 nitrogen and oxygen atoms in total. The van der Waals surface area contributed by atoms with E-state index >= 15 is 0 Å². The number of nitrogens with one attached hydrogen (secondary N) is 1. The first-order chi connectivity index (χ1) is 12.8. The van der Waals surface area contributed by atoms with Crippen molar-refractivity contribution in [1.29, 1.82) is 0 Å². The summed E-state index contributed by atoms with van der Waals surface area (Å²) < 4.78 is 4.73. The molecule has 1 aliphatic heterocycles. The monoisotopic (exact) mass is 349 g/mol. The number of hydrogen-bond acceptors (Lipinski definition) is 6. The SMILES string of the molecule is O=C(Nc1ccon1)C1CCN(c2ccc(-c3ccccc3)nn2)CC1. The van der Waals surface area contributed by atoms with Crippen LogP contribution in [0.4, 0.5) is 11.6 Å². The van der Waals surface area contributed by atoms with Crippen molar-refractivity contribution in [3.05, 3.63) is 54.8 Å². The summed E-state index contributed by atoms with van der Waals surface area (Å²) in [6, 6.07) is 15.6. The number of amides is 1. The lowest BCUT2D eigenvalue weighted by Crippen LogP contribution is -2.38. The molecule has 26 heavy (non-hydrogen) atoms. The second-order valence-corrected chi connectivity index (χ2v) is 6.28. The van der Waals surface area contributed by atoms with Gasteiger partial charge in [-0.3, -0.25) is 4.79 Å². The van der Waals surface area contributed by atoms with Gasteiger partial charge in [-0.1, -0.05) is 35.5 Å². The van der Waals surface area contributed by atoms with Crippen LogP contribution in [-0.4, -0.2) is 34.4 Å². The van der Waals surface area contributed by atoms with Crippen LogP contribution in [0.15, 0.2) is 59.3 Å². The van der Waals surface area contributed by atoms with E-state index < -0.39 is 0 Å². The Bertz CT molecular complexity index is 841. The molecule has 0 spiro atoms. The maximum atomic E-state index is 12.3. The minimum Gasteiger partial charge on any atom is -0.363 e. The Morgan fingerprint density at radius 1 is 1.04 bits per heavy atom. The van der Waals surface area contributed by atoms with Crippen molar-refractivity contribution in [3.63, 3.8) is 0 Å². The van der Waals surface area contributed by atoms with Crippen LogP contribution in [-0.2, 0) is 4.79 Å². The van der Waals surface area contributed by atoms with E-state index in [0.29, 0.717) is 5.82 Å². The van der Waals surface area contributed by atoms with E-state index in [0.717, 1.165) is 43.0 Å². The number of nitrogens with zero attached hydrogens (tertiary/aromatic N) is 4. The smallest absolute Gasteiger partial charge is 0.228 e. The van der Waals surface area contributed by atoms with Gasteiger partial charge in [-0.05, 0) is 25.0 Å². The van der Waals surface area contributed by atoms with E-state index in [9.17, 15) is 4.79 Å². The highest BCUT2D eigenvalue weighted by molar-refractivity contribution is 5.91. The molecule has 1 aliphatic rings. The predicted molar refractivity (Wildman–Crippen MR) is 97.5 cm³/mol. The van der Waals surface area contributed by atoms with Gasteiger partial charge in [0.2, 0.25) is 5.91 Å². The maximum Gasteiger partial charge on any atom is 0.228 e. The molecule has 1 aromatic carbocycles. The summed E-state index contributed by atoms with van der Waals surface area (Å²) in [5.41, 5.74) is 1.91.